The van der Waals surface area contributed by atoms with Crippen LogP contribution in [0.15, 0.2) is 6.20 Å². The molecule has 1 aliphatic heterocycles. The average Bonchev–Trinajstić information content (AvgIpc) is 2.60. The highest BCUT2D eigenvalue weighted by Gasteiger charge is 2.30. The first kappa shape index (κ1) is 15.0. The van der Waals surface area contributed by atoms with Crippen molar-refractivity contribution >= 4 is 5.91 Å². The molecule has 0 spiro atoms. The average molecular weight is 282 g/mol. The maximum absolute atomic E-state index is 14.1. The molecule has 1 amide bonds. The minimum atomic E-state index is -1.35. The first-order valence-corrected chi connectivity index (χ1v) is 7.04. The van der Waals surface area contributed by atoms with Crippen molar-refractivity contribution in [1.29, 1.82) is 0 Å². The van der Waals surface area contributed by atoms with Gasteiger partial charge in [-0.15, -0.1) is 0 Å². The zero-order valence-electron chi connectivity index (χ0n) is 12.4. The van der Waals surface area contributed by atoms with E-state index in [0.29, 0.717) is 32.5 Å². The maximum atomic E-state index is 14.1. The smallest absolute Gasteiger partial charge is 0.223 e. The highest BCUT2D eigenvalue weighted by Crippen LogP contribution is 2.15. The number of halogens is 1. The second-order valence-corrected chi connectivity index (χ2v) is 5.78. The number of hydrogen-bond acceptors (Lipinski definition) is 3. The predicted octanol–water partition coefficient (Wildman–Crippen LogP) is 0.821. The van der Waals surface area contributed by atoms with Gasteiger partial charge in [0.25, 0.3) is 0 Å². The Hall–Kier alpha value is -1.43. The molecule has 1 atom stereocenters. The van der Waals surface area contributed by atoms with Crippen LogP contribution in [0.2, 0.25) is 0 Å². The summed E-state index contributed by atoms with van der Waals surface area (Å²) in [5.74, 6) is 0.0147. The summed E-state index contributed by atoms with van der Waals surface area (Å²) >= 11 is 0. The summed E-state index contributed by atoms with van der Waals surface area (Å²) in [4.78, 5) is 13.9. The first-order chi connectivity index (χ1) is 9.39. The molecular formula is C14H23FN4O. The molecule has 2 rings (SSSR count). The molecular weight excluding hydrogens is 259 g/mol. The van der Waals surface area contributed by atoms with E-state index >= 15 is 0 Å². The number of carbonyl (C=O) groups excluding carboxylic acids is 1. The fourth-order valence-corrected chi connectivity index (χ4v) is 2.50. The Morgan fingerprint density at radius 2 is 2.35 bits per heavy atom. The second kappa shape index (κ2) is 5.91. The summed E-state index contributed by atoms with van der Waals surface area (Å²) in [6, 6.07) is 0. The number of aryl methyl sites for hydroxylation is 2. The molecule has 0 saturated carbocycles. The largest absolute Gasteiger partial charge is 0.338 e. The number of carbonyl (C=O) groups is 1. The molecule has 2 heterocycles. The third kappa shape index (κ3) is 3.56. The number of amides is 1. The molecule has 1 aromatic heterocycles. The van der Waals surface area contributed by atoms with Gasteiger partial charge < -0.3 is 10.2 Å². The summed E-state index contributed by atoms with van der Waals surface area (Å²) in [7, 11) is 1.88. The summed E-state index contributed by atoms with van der Waals surface area (Å²) in [6.07, 6.45) is 2.86. The standard InChI is InChI=1S/C14H23FN4O/c1-11-12(8-17-18(11)3)4-5-13(20)19-7-6-16-9-14(2,15)10-19/h8,16H,4-7,9-10H2,1-3H3. The van der Waals surface area contributed by atoms with E-state index < -0.39 is 5.67 Å². The minimum absolute atomic E-state index is 0.0147. The molecule has 20 heavy (non-hydrogen) atoms. The van der Waals surface area contributed by atoms with Crippen LogP contribution in [0, 0.1) is 6.92 Å². The Kier molecular flexibility index (Phi) is 4.42. The Labute approximate surface area is 119 Å². The molecule has 6 heteroatoms. The van der Waals surface area contributed by atoms with Crippen LogP contribution in [0.25, 0.3) is 0 Å². The lowest BCUT2D eigenvalue weighted by Gasteiger charge is -2.26. The molecule has 0 aliphatic carbocycles. The Morgan fingerprint density at radius 1 is 1.60 bits per heavy atom. The molecule has 0 aromatic carbocycles. The monoisotopic (exact) mass is 282 g/mol. The lowest BCUT2D eigenvalue weighted by molar-refractivity contribution is -0.132. The van der Waals surface area contributed by atoms with E-state index in [1.165, 1.54) is 6.92 Å². The van der Waals surface area contributed by atoms with Crippen LogP contribution in [0.5, 0.6) is 0 Å². The highest BCUT2D eigenvalue weighted by atomic mass is 19.1. The fraction of sp³-hybridized carbons (Fsp3) is 0.714. The molecule has 0 radical (unpaired) electrons. The maximum Gasteiger partial charge on any atom is 0.223 e. The Morgan fingerprint density at radius 3 is 3.00 bits per heavy atom. The van der Waals surface area contributed by atoms with Gasteiger partial charge in [-0.1, -0.05) is 0 Å². The molecule has 5 nitrogen and oxygen atoms in total. The van der Waals surface area contributed by atoms with Gasteiger partial charge in [-0.25, -0.2) is 4.39 Å². The van der Waals surface area contributed by atoms with Gasteiger partial charge in [0.05, 0.1) is 12.7 Å². The van der Waals surface area contributed by atoms with Crippen molar-refractivity contribution in [3.63, 3.8) is 0 Å². The number of rotatable bonds is 3. The summed E-state index contributed by atoms with van der Waals surface area (Å²) in [5.41, 5.74) is 0.804. The molecule has 0 bridgehead atoms. The van der Waals surface area contributed by atoms with Crippen LogP contribution in [0.4, 0.5) is 4.39 Å². The Bertz CT molecular complexity index is 484. The van der Waals surface area contributed by atoms with E-state index in [0.717, 1.165) is 11.3 Å². The van der Waals surface area contributed by atoms with Gasteiger partial charge in [0.1, 0.15) is 5.67 Å². The zero-order valence-corrected chi connectivity index (χ0v) is 12.4. The van der Waals surface area contributed by atoms with Crippen molar-refractivity contribution < 1.29 is 9.18 Å². The van der Waals surface area contributed by atoms with Gasteiger partial charge in [-0.05, 0) is 25.8 Å². The van der Waals surface area contributed by atoms with E-state index in [-0.39, 0.29) is 12.5 Å². The third-order valence-electron chi connectivity index (χ3n) is 3.87. The van der Waals surface area contributed by atoms with Crippen LogP contribution in [-0.2, 0) is 18.3 Å². The van der Waals surface area contributed by atoms with E-state index in [2.05, 4.69) is 10.4 Å². The molecule has 1 aliphatic rings. The van der Waals surface area contributed by atoms with Crippen LogP contribution in [0.3, 0.4) is 0 Å². The van der Waals surface area contributed by atoms with Gasteiger partial charge in [0.2, 0.25) is 5.91 Å². The van der Waals surface area contributed by atoms with Crippen molar-refractivity contribution in [2.24, 2.45) is 7.05 Å². The number of hydrogen-bond donors (Lipinski definition) is 1. The van der Waals surface area contributed by atoms with Gasteiger partial charge >= 0.3 is 0 Å². The van der Waals surface area contributed by atoms with Gasteiger partial charge in [-0.3, -0.25) is 9.48 Å². The zero-order chi connectivity index (χ0) is 14.8. The minimum Gasteiger partial charge on any atom is -0.338 e. The summed E-state index contributed by atoms with van der Waals surface area (Å²) < 4.78 is 15.9. The van der Waals surface area contributed by atoms with E-state index in [4.69, 9.17) is 0 Å². The van der Waals surface area contributed by atoms with E-state index in [1.807, 2.05) is 14.0 Å². The predicted molar refractivity (Wildman–Crippen MR) is 75.2 cm³/mol. The van der Waals surface area contributed by atoms with Crippen LogP contribution < -0.4 is 5.32 Å². The lowest BCUT2D eigenvalue weighted by Crippen LogP contribution is -2.42. The molecule has 112 valence electrons. The van der Waals surface area contributed by atoms with Crippen molar-refractivity contribution in [2.75, 3.05) is 26.2 Å². The number of alkyl halides is 1. The summed E-state index contributed by atoms with van der Waals surface area (Å²) in [6.45, 7) is 5.23. The second-order valence-electron chi connectivity index (χ2n) is 5.78. The normalized spacial score (nSPS) is 23.7. The molecule has 1 N–H and O–H groups in total. The van der Waals surface area contributed by atoms with Crippen molar-refractivity contribution in [3.8, 4) is 0 Å². The van der Waals surface area contributed by atoms with Crippen molar-refractivity contribution in [3.05, 3.63) is 17.5 Å². The van der Waals surface area contributed by atoms with E-state index in [1.54, 1.807) is 15.8 Å². The molecule has 1 fully saturated rings. The van der Waals surface area contributed by atoms with Crippen LogP contribution in [-0.4, -0.2) is 52.4 Å². The topological polar surface area (TPSA) is 50.2 Å². The van der Waals surface area contributed by atoms with Crippen LogP contribution >= 0.6 is 0 Å². The molecule has 1 saturated heterocycles. The van der Waals surface area contributed by atoms with Crippen molar-refractivity contribution in [1.82, 2.24) is 20.0 Å². The fourth-order valence-electron chi connectivity index (χ4n) is 2.50. The molecule has 1 unspecified atom stereocenters. The van der Waals surface area contributed by atoms with Crippen LogP contribution in [0.1, 0.15) is 24.6 Å². The van der Waals surface area contributed by atoms with Gasteiger partial charge in [0, 0.05) is 38.8 Å². The number of nitrogens with one attached hydrogen (secondary N) is 1. The van der Waals surface area contributed by atoms with Gasteiger partial charge in [0.15, 0.2) is 0 Å². The highest BCUT2D eigenvalue weighted by molar-refractivity contribution is 5.76. The first-order valence-electron chi connectivity index (χ1n) is 7.04. The summed E-state index contributed by atoms with van der Waals surface area (Å²) in [5, 5.41) is 7.19. The quantitative estimate of drug-likeness (QED) is 0.893. The van der Waals surface area contributed by atoms with Crippen molar-refractivity contribution in [2.45, 2.75) is 32.4 Å². The Balaban J connectivity index is 1.92. The number of aromatic nitrogens is 2. The number of nitrogens with zero attached hydrogens (tertiary/aromatic N) is 3. The van der Waals surface area contributed by atoms with E-state index in [9.17, 15) is 9.18 Å². The lowest BCUT2D eigenvalue weighted by atomic mass is 10.1. The SMILES string of the molecule is Cc1c(CCC(=O)N2CCNCC(C)(F)C2)cnn1C. The third-order valence-corrected chi connectivity index (χ3v) is 3.87. The van der Waals surface area contributed by atoms with Gasteiger partial charge in [-0.2, -0.15) is 5.10 Å². The molecule has 1 aromatic rings.